The summed E-state index contributed by atoms with van der Waals surface area (Å²) in [5.41, 5.74) is 2.10. The molecule has 0 heterocycles. The third kappa shape index (κ3) is 2.93. The van der Waals surface area contributed by atoms with Gasteiger partial charge >= 0.3 is 0 Å². The average molecular weight is 179 g/mol. The van der Waals surface area contributed by atoms with Gasteiger partial charge in [0.1, 0.15) is 0 Å². The van der Waals surface area contributed by atoms with Crippen molar-refractivity contribution in [3.8, 4) is 0 Å². The van der Waals surface area contributed by atoms with Crippen LogP contribution in [0.2, 0.25) is 0 Å². The van der Waals surface area contributed by atoms with E-state index in [1.807, 2.05) is 42.5 Å². The van der Waals surface area contributed by atoms with E-state index in [0.29, 0.717) is 5.88 Å². The maximum atomic E-state index is 5.57. The van der Waals surface area contributed by atoms with Crippen molar-refractivity contribution in [1.82, 2.24) is 0 Å². The maximum Gasteiger partial charge on any atom is 0.0468 e. The van der Waals surface area contributed by atoms with Crippen LogP contribution in [0.1, 0.15) is 5.56 Å². The summed E-state index contributed by atoms with van der Waals surface area (Å²) in [7, 11) is 0. The van der Waals surface area contributed by atoms with Crippen molar-refractivity contribution in [3.63, 3.8) is 0 Å². The predicted molar refractivity (Wildman–Crippen MR) is 55.3 cm³/mol. The second-order valence-electron chi connectivity index (χ2n) is 2.54. The summed E-state index contributed by atoms with van der Waals surface area (Å²) in [6.45, 7) is 3.77. The fourth-order valence-corrected chi connectivity index (χ4v) is 0.912. The van der Waals surface area contributed by atoms with E-state index >= 15 is 0 Å². The van der Waals surface area contributed by atoms with Crippen LogP contribution in [0.25, 0.3) is 6.08 Å². The molecule has 1 rings (SSSR count). The van der Waals surface area contributed by atoms with Crippen LogP contribution < -0.4 is 0 Å². The molecule has 0 saturated carbocycles. The minimum absolute atomic E-state index is 0.489. The molecule has 0 saturated heterocycles. The Labute approximate surface area is 78.2 Å². The summed E-state index contributed by atoms with van der Waals surface area (Å²) < 4.78 is 0. The molecule has 1 aromatic rings. The summed E-state index contributed by atoms with van der Waals surface area (Å²) in [5, 5.41) is 0. The maximum absolute atomic E-state index is 5.57. The first-order valence-electron chi connectivity index (χ1n) is 3.80. The highest BCUT2D eigenvalue weighted by Crippen LogP contribution is 2.04. The summed E-state index contributed by atoms with van der Waals surface area (Å²) in [6.07, 6.45) is 3.94. The van der Waals surface area contributed by atoms with Gasteiger partial charge in [0.2, 0.25) is 0 Å². The molecule has 1 aromatic carbocycles. The van der Waals surface area contributed by atoms with E-state index in [2.05, 4.69) is 6.58 Å². The van der Waals surface area contributed by atoms with Crippen molar-refractivity contribution in [1.29, 1.82) is 0 Å². The van der Waals surface area contributed by atoms with Crippen molar-refractivity contribution in [2.24, 2.45) is 0 Å². The molecule has 0 bridgehead atoms. The number of allylic oxidation sites excluding steroid dienone is 2. The van der Waals surface area contributed by atoms with E-state index in [1.54, 1.807) is 0 Å². The number of hydrogen-bond donors (Lipinski definition) is 0. The van der Waals surface area contributed by atoms with Gasteiger partial charge in [0.15, 0.2) is 0 Å². The topological polar surface area (TPSA) is 0 Å². The molecular formula is C11H11Cl. The van der Waals surface area contributed by atoms with Crippen molar-refractivity contribution in [2.45, 2.75) is 0 Å². The SMILES string of the molecule is C=C(/C=C/c1ccccc1)CCl. The molecule has 0 aliphatic heterocycles. The normalized spacial score (nSPS) is 10.4. The van der Waals surface area contributed by atoms with Gasteiger partial charge in [-0.05, 0) is 11.1 Å². The lowest BCUT2D eigenvalue weighted by Crippen LogP contribution is -1.74. The van der Waals surface area contributed by atoms with E-state index in [9.17, 15) is 0 Å². The molecule has 0 nitrogen and oxygen atoms in total. The first-order valence-corrected chi connectivity index (χ1v) is 4.33. The van der Waals surface area contributed by atoms with Crippen LogP contribution in [0.3, 0.4) is 0 Å². The Bertz CT molecular complexity index is 272. The molecule has 0 spiro atoms. The van der Waals surface area contributed by atoms with Crippen molar-refractivity contribution >= 4 is 17.7 Å². The van der Waals surface area contributed by atoms with E-state index in [-0.39, 0.29) is 0 Å². The van der Waals surface area contributed by atoms with Gasteiger partial charge in [-0.1, -0.05) is 49.1 Å². The zero-order chi connectivity index (χ0) is 8.81. The minimum atomic E-state index is 0.489. The highest BCUT2D eigenvalue weighted by Gasteiger charge is 1.84. The molecule has 0 aliphatic rings. The molecule has 0 unspecified atom stereocenters. The molecular weight excluding hydrogens is 168 g/mol. The Morgan fingerprint density at radius 1 is 1.33 bits per heavy atom. The molecule has 0 aromatic heterocycles. The van der Waals surface area contributed by atoms with Crippen molar-refractivity contribution < 1.29 is 0 Å². The number of hydrogen-bond acceptors (Lipinski definition) is 0. The monoisotopic (exact) mass is 178 g/mol. The van der Waals surface area contributed by atoms with Gasteiger partial charge in [0, 0.05) is 5.88 Å². The Morgan fingerprint density at radius 2 is 2.00 bits per heavy atom. The number of halogens is 1. The van der Waals surface area contributed by atoms with E-state index in [4.69, 9.17) is 11.6 Å². The fraction of sp³-hybridized carbons (Fsp3) is 0.0909. The highest BCUT2D eigenvalue weighted by molar-refractivity contribution is 6.19. The highest BCUT2D eigenvalue weighted by atomic mass is 35.5. The lowest BCUT2D eigenvalue weighted by molar-refractivity contribution is 1.57. The summed E-state index contributed by atoms with van der Waals surface area (Å²) in [6, 6.07) is 10.1. The zero-order valence-corrected chi connectivity index (χ0v) is 7.59. The second kappa shape index (κ2) is 4.78. The molecule has 1 heteroatoms. The largest absolute Gasteiger partial charge is 0.122 e. The smallest absolute Gasteiger partial charge is 0.0468 e. The number of rotatable bonds is 3. The standard InChI is InChI=1S/C11H11Cl/c1-10(9-12)7-8-11-5-3-2-4-6-11/h2-8H,1,9H2/b8-7+. The van der Waals surface area contributed by atoms with Crippen molar-refractivity contribution in [2.75, 3.05) is 5.88 Å². The number of alkyl halides is 1. The zero-order valence-electron chi connectivity index (χ0n) is 6.83. The number of benzene rings is 1. The molecule has 0 aliphatic carbocycles. The first-order chi connectivity index (χ1) is 5.83. The van der Waals surface area contributed by atoms with E-state index in [1.165, 1.54) is 5.56 Å². The lowest BCUT2D eigenvalue weighted by atomic mass is 10.2. The van der Waals surface area contributed by atoms with Crippen LogP contribution in [0, 0.1) is 0 Å². The molecule has 0 atom stereocenters. The van der Waals surface area contributed by atoms with Crippen LogP contribution in [0.5, 0.6) is 0 Å². The van der Waals surface area contributed by atoms with Crippen LogP contribution in [0.15, 0.2) is 48.6 Å². The average Bonchev–Trinajstić information content (AvgIpc) is 2.16. The molecule has 0 amide bonds. The third-order valence-electron chi connectivity index (χ3n) is 1.48. The quantitative estimate of drug-likeness (QED) is 0.491. The molecule has 0 radical (unpaired) electrons. The van der Waals surface area contributed by atoms with Gasteiger partial charge in [-0.15, -0.1) is 11.6 Å². The Morgan fingerprint density at radius 3 is 2.58 bits per heavy atom. The Kier molecular flexibility index (Phi) is 3.62. The summed E-state index contributed by atoms with van der Waals surface area (Å²) in [4.78, 5) is 0. The minimum Gasteiger partial charge on any atom is -0.122 e. The van der Waals surface area contributed by atoms with Gasteiger partial charge in [0.05, 0.1) is 0 Å². The van der Waals surface area contributed by atoms with Crippen LogP contribution in [0.4, 0.5) is 0 Å². The van der Waals surface area contributed by atoms with Crippen LogP contribution in [-0.4, -0.2) is 5.88 Å². The Hall–Kier alpha value is -1.01. The molecule has 12 heavy (non-hydrogen) atoms. The van der Waals surface area contributed by atoms with Gasteiger partial charge in [-0.2, -0.15) is 0 Å². The summed E-state index contributed by atoms with van der Waals surface area (Å²) in [5.74, 6) is 0.489. The fourth-order valence-electron chi connectivity index (χ4n) is 0.823. The van der Waals surface area contributed by atoms with Crippen LogP contribution >= 0.6 is 11.6 Å². The predicted octanol–water partition coefficient (Wildman–Crippen LogP) is 3.49. The molecule has 0 N–H and O–H groups in total. The second-order valence-corrected chi connectivity index (χ2v) is 2.80. The van der Waals surface area contributed by atoms with Gasteiger partial charge in [-0.3, -0.25) is 0 Å². The van der Waals surface area contributed by atoms with Gasteiger partial charge < -0.3 is 0 Å². The lowest BCUT2D eigenvalue weighted by Gasteiger charge is -1.92. The molecule has 62 valence electrons. The van der Waals surface area contributed by atoms with E-state index in [0.717, 1.165) is 5.57 Å². The van der Waals surface area contributed by atoms with Gasteiger partial charge in [0.25, 0.3) is 0 Å². The first kappa shape index (κ1) is 9.08. The van der Waals surface area contributed by atoms with Gasteiger partial charge in [-0.25, -0.2) is 0 Å². The van der Waals surface area contributed by atoms with Crippen LogP contribution in [-0.2, 0) is 0 Å². The summed E-state index contributed by atoms with van der Waals surface area (Å²) >= 11 is 5.57. The molecule has 0 fully saturated rings. The Balaban J connectivity index is 2.64. The third-order valence-corrected chi connectivity index (χ3v) is 1.83. The van der Waals surface area contributed by atoms with Crippen molar-refractivity contribution in [3.05, 3.63) is 54.1 Å². The van der Waals surface area contributed by atoms with E-state index < -0.39 is 0 Å².